The topological polar surface area (TPSA) is 68.6 Å². The number of pyridine rings is 2. The number of aromatic amines is 1. The first kappa shape index (κ1) is 13.5. The molecule has 0 spiro atoms. The zero-order valence-electron chi connectivity index (χ0n) is 12.5. The summed E-state index contributed by atoms with van der Waals surface area (Å²) in [6.45, 7) is 1.61. The van der Waals surface area contributed by atoms with E-state index >= 15 is 0 Å². The smallest absolute Gasteiger partial charge is 0.146 e. The first-order valence-electron chi connectivity index (χ1n) is 7.58. The van der Waals surface area contributed by atoms with Crippen molar-refractivity contribution in [3.63, 3.8) is 0 Å². The molecule has 0 saturated heterocycles. The standard InChI is InChI=1S/C18H15N5/c19-11-14-3-1-8-21-18(14)23-9-5-13(6-10-23)16-12-22-17-15(16)4-2-7-20-17/h1-5,7-8,12H,6,9-10H2,(H,20,22). The van der Waals surface area contributed by atoms with Crippen LogP contribution in [-0.2, 0) is 0 Å². The summed E-state index contributed by atoms with van der Waals surface area (Å²) in [5.74, 6) is 0.769. The van der Waals surface area contributed by atoms with E-state index in [9.17, 15) is 5.26 Å². The van der Waals surface area contributed by atoms with Crippen LogP contribution in [0.4, 0.5) is 5.82 Å². The van der Waals surface area contributed by atoms with Gasteiger partial charge in [-0.25, -0.2) is 9.97 Å². The van der Waals surface area contributed by atoms with Crippen molar-refractivity contribution in [1.82, 2.24) is 15.0 Å². The van der Waals surface area contributed by atoms with Crippen molar-refractivity contribution in [2.24, 2.45) is 0 Å². The zero-order chi connectivity index (χ0) is 15.6. The van der Waals surface area contributed by atoms with E-state index in [1.807, 2.05) is 18.3 Å². The maximum absolute atomic E-state index is 9.23. The number of rotatable bonds is 2. The predicted molar refractivity (Wildman–Crippen MR) is 89.9 cm³/mol. The number of anilines is 1. The lowest BCUT2D eigenvalue weighted by Gasteiger charge is -2.28. The third-order valence-electron chi connectivity index (χ3n) is 4.21. The second kappa shape index (κ2) is 5.58. The molecular formula is C18H15N5. The Hall–Kier alpha value is -3.13. The zero-order valence-corrected chi connectivity index (χ0v) is 12.5. The molecule has 0 aliphatic carbocycles. The van der Waals surface area contributed by atoms with Gasteiger partial charge in [-0.2, -0.15) is 5.26 Å². The second-order valence-electron chi connectivity index (χ2n) is 5.51. The molecule has 0 bridgehead atoms. The van der Waals surface area contributed by atoms with Gasteiger partial charge in [0.25, 0.3) is 0 Å². The summed E-state index contributed by atoms with van der Waals surface area (Å²) in [5.41, 5.74) is 4.08. The molecule has 112 valence electrons. The molecule has 4 heterocycles. The maximum atomic E-state index is 9.23. The van der Waals surface area contributed by atoms with E-state index in [1.165, 1.54) is 11.1 Å². The molecule has 5 heteroatoms. The highest BCUT2D eigenvalue weighted by atomic mass is 15.2. The van der Waals surface area contributed by atoms with E-state index in [2.05, 4.69) is 38.1 Å². The number of hydrogen-bond acceptors (Lipinski definition) is 4. The SMILES string of the molecule is N#Cc1cccnc1N1CC=C(c2c[nH]c3ncccc23)CC1. The number of nitriles is 1. The number of nitrogens with one attached hydrogen (secondary N) is 1. The third-order valence-corrected chi connectivity index (χ3v) is 4.21. The summed E-state index contributed by atoms with van der Waals surface area (Å²) in [5, 5.41) is 10.4. The van der Waals surface area contributed by atoms with Crippen molar-refractivity contribution < 1.29 is 0 Å². The lowest BCUT2D eigenvalue weighted by Crippen LogP contribution is -2.29. The minimum atomic E-state index is 0.626. The molecule has 0 aromatic carbocycles. The van der Waals surface area contributed by atoms with Gasteiger partial charge in [-0.1, -0.05) is 6.08 Å². The van der Waals surface area contributed by atoms with Crippen LogP contribution in [-0.4, -0.2) is 28.0 Å². The second-order valence-corrected chi connectivity index (χ2v) is 5.51. The van der Waals surface area contributed by atoms with Gasteiger partial charge in [-0.05, 0) is 36.3 Å². The molecule has 1 aliphatic rings. The highest BCUT2D eigenvalue weighted by Crippen LogP contribution is 2.30. The third kappa shape index (κ3) is 2.34. The largest absolute Gasteiger partial charge is 0.351 e. The molecule has 0 unspecified atom stereocenters. The van der Waals surface area contributed by atoms with Crippen LogP contribution in [0, 0.1) is 11.3 Å². The molecule has 3 aromatic rings. The van der Waals surface area contributed by atoms with Gasteiger partial charge in [0.2, 0.25) is 0 Å². The van der Waals surface area contributed by atoms with Crippen molar-refractivity contribution in [3.8, 4) is 6.07 Å². The summed E-state index contributed by atoms with van der Waals surface area (Å²) in [6.07, 6.45) is 8.70. The molecule has 0 saturated carbocycles. The minimum Gasteiger partial charge on any atom is -0.351 e. The van der Waals surface area contributed by atoms with Gasteiger partial charge in [0.15, 0.2) is 0 Å². The van der Waals surface area contributed by atoms with Gasteiger partial charge in [-0.15, -0.1) is 0 Å². The van der Waals surface area contributed by atoms with E-state index < -0.39 is 0 Å². The first-order valence-corrected chi connectivity index (χ1v) is 7.58. The molecule has 0 amide bonds. The summed E-state index contributed by atoms with van der Waals surface area (Å²) >= 11 is 0. The van der Waals surface area contributed by atoms with Crippen LogP contribution in [0.3, 0.4) is 0 Å². The highest BCUT2D eigenvalue weighted by molar-refractivity contribution is 5.91. The highest BCUT2D eigenvalue weighted by Gasteiger charge is 2.18. The number of fused-ring (bicyclic) bond motifs is 1. The Labute approximate surface area is 133 Å². The van der Waals surface area contributed by atoms with Crippen LogP contribution in [0.2, 0.25) is 0 Å². The van der Waals surface area contributed by atoms with Crippen molar-refractivity contribution >= 4 is 22.4 Å². The molecule has 3 aromatic heterocycles. The molecular weight excluding hydrogens is 286 g/mol. The molecule has 23 heavy (non-hydrogen) atoms. The Morgan fingerprint density at radius 3 is 2.87 bits per heavy atom. The van der Waals surface area contributed by atoms with Crippen LogP contribution < -0.4 is 4.90 Å². The van der Waals surface area contributed by atoms with Crippen LogP contribution in [0.1, 0.15) is 17.5 Å². The molecule has 1 N–H and O–H groups in total. The molecule has 0 fully saturated rings. The van der Waals surface area contributed by atoms with E-state index in [-0.39, 0.29) is 0 Å². The van der Waals surface area contributed by atoms with Crippen LogP contribution in [0.15, 0.2) is 48.9 Å². The average molecular weight is 301 g/mol. The Balaban J connectivity index is 1.64. The Morgan fingerprint density at radius 2 is 2.04 bits per heavy atom. The lowest BCUT2D eigenvalue weighted by molar-refractivity contribution is 0.815. The number of H-pyrrole nitrogens is 1. The van der Waals surface area contributed by atoms with E-state index in [0.717, 1.165) is 36.4 Å². The summed E-state index contributed by atoms with van der Waals surface area (Å²) in [4.78, 5) is 14.1. The van der Waals surface area contributed by atoms with Crippen molar-refractivity contribution in [2.75, 3.05) is 18.0 Å². The van der Waals surface area contributed by atoms with Gasteiger partial charge in [0.05, 0.1) is 5.56 Å². The normalized spacial score (nSPS) is 14.6. The van der Waals surface area contributed by atoms with E-state index in [4.69, 9.17) is 0 Å². The van der Waals surface area contributed by atoms with Crippen LogP contribution >= 0.6 is 0 Å². The Bertz CT molecular complexity index is 932. The van der Waals surface area contributed by atoms with Crippen LogP contribution in [0.5, 0.6) is 0 Å². The average Bonchev–Trinajstić information content (AvgIpc) is 3.06. The summed E-state index contributed by atoms with van der Waals surface area (Å²) in [6, 6.07) is 9.88. The molecule has 0 atom stereocenters. The van der Waals surface area contributed by atoms with Gasteiger partial charge in [0.1, 0.15) is 17.5 Å². The van der Waals surface area contributed by atoms with Gasteiger partial charge in [-0.3, -0.25) is 0 Å². The summed E-state index contributed by atoms with van der Waals surface area (Å²) in [7, 11) is 0. The fourth-order valence-electron chi connectivity index (χ4n) is 3.06. The Kier molecular flexibility index (Phi) is 3.28. The van der Waals surface area contributed by atoms with Crippen molar-refractivity contribution in [2.45, 2.75) is 6.42 Å². The van der Waals surface area contributed by atoms with Gasteiger partial charge < -0.3 is 9.88 Å². The molecule has 0 radical (unpaired) electrons. The molecule has 4 rings (SSSR count). The number of nitrogens with zero attached hydrogens (tertiary/aromatic N) is 4. The van der Waals surface area contributed by atoms with E-state index in [0.29, 0.717) is 5.56 Å². The van der Waals surface area contributed by atoms with Crippen molar-refractivity contribution in [3.05, 3.63) is 60.1 Å². The van der Waals surface area contributed by atoms with E-state index in [1.54, 1.807) is 18.5 Å². The fraction of sp³-hybridized carbons (Fsp3) is 0.167. The number of aromatic nitrogens is 3. The fourth-order valence-corrected chi connectivity index (χ4v) is 3.06. The monoisotopic (exact) mass is 301 g/mol. The van der Waals surface area contributed by atoms with Gasteiger partial charge >= 0.3 is 0 Å². The summed E-state index contributed by atoms with van der Waals surface area (Å²) < 4.78 is 0. The van der Waals surface area contributed by atoms with Crippen molar-refractivity contribution in [1.29, 1.82) is 5.26 Å². The quantitative estimate of drug-likeness (QED) is 0.789. The van der Waals surface area contributed by atoms with Crippen LogP contribution in [0.25, 0.3) is 16.6 Å². The van der Waals surface area contributed by atoms with Gasteiger partial charge in [0, 0.05) is 42.6 Å². The lowest BCUT2D eigenvalue weighted by atomic mass is 9.99. The first-order chi connectivity index (χ1) is 11.4. The molecule has 5 nitrogen and oxygen atoms in total. The maximum Gasteiger partial charge on any atom is 0.146 e. The minimum absolute atomic E-state index is 0.626. The predicted octanol–water partition coefficient (Wildman–Crippen LogP) is 3.12. The Morgan fingerprint density at radius 1 is 1.17 bits per heavy atom. The molecule has 1 aliphatic heterocycles. The number of hydrogen-bond donors (Lipinski definition) is 1.